The van der Waals surface area contributed by atoms with E-state index in [2.05, 4.69) is 15.6 Å². The third kappa shape index (κ3) is 3.41. The van der Waals surface area contributed by atoms with Gasteiger partial charge in [-0.3, -0.25) is 14.4 Å². The van der Waals surface area contributed by atoms with Crippen molar-refractivity contribution >= 4 is 22.7 Å². The van der Waals surface area contributed by atoms with Gasteiger partial charge in [0.2, 0.25) is 11.8 Å². The number of fused-ring (bicyclic) bond motifs is 1. The predicted octanol–water partition coefficient (Wildman–Crippen LogP) is -0.828. The Morgan fingerprint density at radius 1 is 1.38 bits per heavy atom. The minimum Gasteiger partial charge on any atom is -0.368 e. The molecule has 0 aliphatic rings. The number of nitrogens with zero attached hydrogens (tertiary/aromatic N) is 3. The summed E-state index contributed by atoms with van der Waals surface area (Å²) in [4.78, 5) is 34.6. The van der Waals surface area contributed by atoms with Crippen LogP contribution in [-0.4, -0.2) is 32.9 Å². The summed E-state index contributed by atoms with van der Waals surface area (Å²) in [5.41, 5.74) is 5.24. The lowest BCUT2D eigenvalue weighted by atomic mass is 10.2. The van der Waals surface area contributed by atoms with Crippen LogP contribution in [0.25, 0.3) is 10.9 Å². The molecule has 0 aliphatic heterocycles. The summed E-state index contributed by atoms with van der Waals surface area (Å²) < 4.78 is 1.12. The second-order valence-electron chi connectivity index (χ2n) is 4.58. The fourth-order valence-electron chi connectivity index (χ4n) is 1.76. The highest BCUT2D eigenvalue weighted by Crippen LogP contribution is 2.03. The topological polar surface area (TPSA) is 120 Å². The Morgan fingerprint density at radius 3 is 2.81 bits per heavy atom. The first-order chi connectivity index (χ1) is 9.99. The smallest absolute Gasteiger partial charge is 0.277 e. The van der Waals surface area contributed by atoms with Crippen LogP contribution in [0.2, 0.25) is 0 Å². The highest BCUT2D eigenvalue weighted by molar-refractivity contribution is 5.86. The monoisotopic (exact) mass is 289 g/mol. The van der Waals surface area contributed by atoms with E-state index in [0.29, 0.717) is 10.9 Å². The maximum absolute atomic E-state index is 12.1. The van der Waals surface area contributed by atoms with Gasteiger partial charge in [0.25, 0.3) is 5.56 Å². The number of aryl methyl sites for hydroxylation is 1. The molecule has 0 saturated carbocycles. The van der Waals surface area contributed by atoms with Crippen molar-refractivity contribution in [3.05, 3.63) is 34.6 Å². The van der Waals surface area contributed by atoms with Gasteiger partial charge in [0.05, 0.1) is 11.9 Å². The Hall–Kier alpha value is -2.77. The number of hydrogen-bond acceptors (Lipinski definition) is 5. The van der Waals surface area contributed by atoms with Crippen molar-refractivity contribution in [2.75, 3.05) is 0 Å². The van der Waals surface area contributed by atoms with E-state index >= 15 is 0 Å². The molecule has 0 radical (unpaired) electrons. The summed E-state index contributed by atoms with van der Waals surface area (Å²) in [5.74, 6) is -1.01. The summed E-state index contributed by atoms with van der Waals surface area (Å²) in [6, 6.07) is 6.08. The largest absolute Gasteiger partial charge is 0.368 e. The van der Waals surface area contributed by atoms with E-state index in [-0.39, 0.29) is 24.4 Å². The van der Waals surface area contributed by atoms with Crippen LogP contribution in [0, 0.1) is 0 Å². The van der Waals surface area contributed by atoms with E-state index in [1.165, 1.54) is 6.92 Å². The maximum atomic E-state index is 12.1. The summed E-state index contributed by atoms with van der Waals surface area (Å²) in [6.45, 7) is 1.57. The number of benzene rings is 1. The van der Waals surface area contributed by atoms with Crippen molar-refractivity contribution in [1.29, 1.82) is 0 Å². The first-order valence-electron chi connectivity index (χ1n) is 6.40. The molecule has 0 aliphatic carbocycles. The molecule has 8 nitrogen and oxygen atoms in total. The Morgan fingerprint density at radius 2 is 2.10 bits per heavy atom. The standard InChI is InChI=1S/C13H15N5O3/c1-8(12(14)20)15-11(19)6-7-18-13(21)9-4-2-3-5-10(9)16-17-18/h2-5,8H,6-7H2,1H3,(H2,14,20)(H,15,19). The van der Waals surface area contributed by atoms with Crippen LogP contribution in [0.5, 0.6) is 0 Å². The van der Waals surface area contributed by atoms with Crippen LogP contribution in [-0.2, 0) is 16.1 Å². The molecule has 1 aromatic carbocycles. The Balaban J connectivity index is 2.07. The lowest BCUT2D eigenvalue weighted by molar-refractivity contribution is -0.127. The second kappa shape index (κ2) is 6.12. The first kappa shape index (κ1) is 14.6. The Labute approximate surface area is 119 Å². The zero-order valence-corrected chi connectivity index (χ0v) is 11.4. The van der Waals surface area contributed by atoms with E-state index in [9.17, 15) is 14.4 Å². The van der Waals surface area contributed by atoms with Gasteiger partial charge < -0.3 is 11.1 Å². The molecule has 2 rings (SSSR count). The molecule has 1 unspecified atom stereocenters. The number of amides is 2. The molecule has 0 bridgehead atoms. The minimum absolute atomic E-state index is 0.00451. The average molecular weight is 289 g/mol. The van der Waals surface area contributed by atoms with E-state index in [1.54, 1.807) is 24.3 Å². The zero-order chi connectivity index (χ0) is 15.4. The molecule has 1 heterocycles. The van der Waals surface area contributed by atoms with Gasteiger partial charge >= 0.3 is 0 Å². The molecule has 110 valence electrons. The van der Waals surface area contributed by atoms with Crippen molar-refractivity contribution < 1.29 is 9.59 Å². The number of carbonyl (C=O) groups excluding carboxylic acids is 2. The molecule has 0 saturated heterocycles. The molecular weight excluding hydrogens is 274 g/mol. The van der Waals surface area contributed by atoms with Crippen LogP contribution in [0.4, 0.5) is 0 Å². The number of aromatic nitrogens is 3. The van der Waals surface area contributed by atoms with E-state index in [4.69, 9.17) is 5.73 Å². The van der Waals surface area contributed by atoms with Gasteiger partial charge in [-0.2, -0.15) is 0 Å². The average Bonchev–Trinajstić information content (AvgIpc) is 2.46. The molecule has 1 atom stereocenters. The maximum Gasteiger partial charge on any atom is 0.277 e. The number of primary amides is 1. The van der Waals surface area contributed by atoms with Gasteiger partial charge in [-0.25, -0.2) is 4.68 Å². The zero-order valence-electron chi connectivity index (χ0n) is 11.4. The molecular formula is C13H15N5O3. The first-order valence-corrected chi connectivity index (χ1v) is 6.40. The normalized spacial score (nSPS) is 12.0. The third-order valence-electron chi connectivity index (χ3n) is 2.98. The van der Waals surface area contributed by atoms with Gasteiger partial charge in [0, 0.05) is 6.42 Å². The van der Waals surface area contributed by atoms with Crippen LogP contribution < -0.4 is 16.6 Å². The highest BCUT2D eigenvalue weighted by Gasteiger charge is 2.13. The van der Waals surface area contributed by atoms with Gasteiger partial charge in [-0.15, -0.1) is 5.10 Å². The van der Waals surface area contributed by atoms with Crippen LogP contribution >= 0.6 is 0 Å². The van der Waals surface area contributed by atoms with Crippen LogP contribution in [0.3, 0.4) is 0 Å². The van der Waals surface area contributed by atoms with Gasteiger partial charge in [-0.1, -0.05) is 17.3 Å². The summed E-state index contributed by atoms with van der Waals surface area (Å²) in [6.07, 6.45) is 0.00451. The molecule has 2 amide bonds. The van der Waals surface area contributed by atoms with Crippen molar-refractivity contribution in [2.45, 2.75) is 25.9 Å². The second-order valence-corrected chi connectivity index (χ2v) is 4.58. The van der Waals surface area contributed by atoms with Gasteiger partial charge in [0.1, 0.15) is 11.6 Å². The number of hydrogen-bond donors (Lipinski definition) is 2. The van der Waals surface area contributed by atoms with E-state index in [0.717, 1.165) is 4.68 Å². The molecule has 1 aromatic heterocycles. The van der Waals surface area contributed by atoms with Crippen LogP contribution in [0.15, 0.2) is 29.1 Å². The summed E-state index contributed by atoms with van der Waals surface area (Å²) in [7, 11) is 0. The van der Waals surface area contributed by atoms with Crippen molar-refractivity contribution in [2.24, 2.45) is 5.73 Å². The molecule has 3 N–H and O–H groups in total. The lowest BCUT2D eigenvalue weighted by Gasteiger charge is -2.10. The predicted molar refractivity (Wildman–Crippen MR) is 75.2 cm³/mol. The van der Waals surface area contributed by atoms with Crippen molar-refractivity contribution in [3.63, 3.8) is 0 Å². The van der Waals surface area contributed by atoms with Crippen molar-refractivity contribution in [1.82, 2.24) is 20.3 Å². The Bertz CT molecular complexity index is 740. The van der Waals surface area contributed by atoms with Crippen molar-refractivity contribution in [3.8, 4) is 0 Å². The Kier molecular flexibility index (Phi) is 4.27. The third-order valence-corrected chi connectivity index (χ3v) is 2.98. The lowest BCUT2D eigenvalue weighted by Crippen LogP contribution is -2.42. The molecule has 2 aromatic rings. The molecule has 8 heteroatoms. The molecule has 0 spiro atoms. The highest BCUT2D eigenvalue weighted by atomic mass is 16.2. The molecule has 0 fully saturated rings. The quantitative estimate of drug-likeness (QED) is 0.744. The molecule has 21 heavy (non-hydrogen) atoms. The fourth-order valence-corrected chi connectivity index (χ4v) is 1.76. The van der Waals surface area contributed by atoms with Gasteiger partial charge in [-0.05, 0) is 19.1 Å². The fraction of sp³-hybridized carbons (Fsp3) is 0.308. The number of nitrogens with two attached hydrogens (primary N) is 1. The summed E-state index contributed by atoms with van der Waals surface area (Å²) in [5, 5.41) is 10.6. The number of carbonyl (C=O) groups is 2. The number of nitrogens with one attached hydrogen (secondary N) is 1. The SMILES string of the molecule is CC(NC(=O)CCn1nnc2ccccc2c1=O)C(N)=O. The van der Waals surface area contributed by atoms with Crippen LogP contribution in [0.1, 0.15) is 13.3 Å². The number of rotatable bonds is 5. The van der Waals surface area contributed by atoms with Gasteiger partial charge in [0.15, 0.2) is 0 Å². The minimum atomic E-state index is -0.753. The van der Waals surface area contributed by atoms with E-state index in [1.807, 2.05) is 0 Å². The van der Waals surface area contributed by atoms with E-state index < -0.39 is 11.9 Å². The summed E-state index contributed by atoms with van der Waals surface area (Å²) >= 11 is 0.